The van der Waals surface area contributed by atoms with E-state index in [-0.39, 0.29) is 0 Å². The predicted octanol–water partition coefficient (Wildman–Crippen LogP) is 5.23. The van der Waals surface area contributed by atoms with Crippen molar-refractivity contribution in [1.29, 1.82) is 0 Å². The molecule has 0 atom stereocenters. The zero-order valence-electron chi connectivity index (χ0n) is 12.7. The Hall–Kier alpha value is -1.22. The van der Waals surface area contributed by atoms with Crippen molar-refractivity contribution in [3.8, 4) is 11.8 Å². The molecule has 1 aliphatic rings. The van der Waals surface area contributed by atoms with Crippen LogP contribution in [-0.2, 0) is 11.8 Å². The molecule has 102 valence electrons. The Bertz CT molecular complexity index is 482. The zero-order valence-corrected chi connectivity index (χ0v) is 12.7. The lowest BCUT2D eigenvalue weighted by atomic mass is 9.79. The lowest BCUT2D eigenvalue weighted by Gasteiger charge is -2.25. The van der Waals surface area contributed by atoms with Crippen LogP contribution in [-0.4, -0.2) is 0 Å². The fraction of sp³-hybridized carbons (Fsp3) is 0.579. The molecule has 0 saturated carbocycles. The van der Waals surface area contributed by atoms with Gasteiger partial charge in [0.25, 0.3) is 0 Å². The van der Waals surface area contributed by atoms with Gasteiger partial charge in [0.15, 0.2) is 0 Å². The van der Waals surface area contributed by atoms with Gasteiger partial charge in [-0.1, -0.05) is 51.5 Å². The number of rotatable bonds is 2. The number of aryl methyl sites for hydroxylation is 1. The average molecular weight is 254 g/mol. The first kappa shape index (κ1) is 14.2. The predicted molar refractivity (Wildman–Crippen MR) is 83.4 cm³/mol. The van der Waals surface area contributed by atoms with Gasteiger partial charge in [0.05, 0.1) is 0 Å². The van der Waals surface area contributed by atoms with E-state index >= 15 is 0 Å². The summed E-state index contributed by atoms with van der Waals surface area (Å²) >= 11 is 0. The Balaban J connectivity index is 2.25. The van der Waals surface area contributed by atoms with E-state index in [0.29, 0.717) is 5.41 Å². The minimum atomic E-state index is 0.312. The van der Waals surface area contributed by atoms with Crippen LogP contribution in [0.2, 0.25) is 0 Å². The topological polar surface area (TPSA) is 0 Å². The van der Waals surface area contributed by atoms with E-state index in [1.165, 1.54) is 49.7 Å². The molecule has 0 nitrogen and oxygen atoms in total. The summed E-state index contributed by atoms with van der Waals surface area (Å²) in [5.74, 6) is 6.64. The third kappa shape index (κ3) is 3.63. The molecule has 0 heterocycles. The maximum atomic E-state index is 3.34. The number of unbranched alkanes of at least 4 members (excludes halogenated alkanes) is 2. The fourth-order valence-corrected chi connectivity index (χ4v) is 2.95. The third-order valence-corrected chi connectivity index (χ3v) is 4.22. The van der Waals surface area contributed by atoms with Crippen LogP contribution in [0.1, 0.15) is 76.0 Å². The summed E-state index contributed by atoms with van der Waals surface area (Å²) in [5.41, 5.74) is 4.59. The van der Waals surface area contributed by atoms with Crippen molar-refractivity contribution < 1.29 is 0 Å². The van der Waals surface area contributed by atoms with Gasteiger partial charge in [-0.3, -0.25) is 0 Å². The molecule has 0 unspecified atom stereocenters. The molecular weight excluding hydrogens is 228 g/mol. The molecule has 0 saturated heterocycles. The van der Waals surface area contributed by atoms with E-state index in [1.807, 2.05) is 0 Å². The molecule has 0 bridgehead atoms. The molecule has 0 aliphatic heterocycles. The van der Waals surface area contributed by atoms with Crippen LogP contribution in [0.15, 0.2) is 18.2 Å². The number of benzene rings is 1. The minimum absolute atomic E-state index is 0.312. The highest BCUT2D eigenvalue weighted by atomic mass is 14.3. The summed E-state index contributed by atoms with van der Waals surface area (Å²) in [7, 11) is 0. The normalized spacial score (nSPS) is 17.0. The Labute approximate surface area is 118 Å². The summed E-state index contributed by atoms with van der Waals surface area (Å²) in [4.78, 5) is 0. The molecule has 0 heteroatoms. The maximum Gasteiger partial charge on any atom is 0.0248 e. The van der Waals surface area contributed by atoms with Gasteiger partial charge >= 0.3 is 0 Å². The van der Waals surface area contributed by atoms with Crippen LogP contribution >= 0.6 is 0 Å². The van der Waals surface area contributed by atoms with E-state index in [2.05, 4.69) is 50.8 Å². The van der Waals surface area contributed by atoms with Gasteiger partial charge in [-0.2, -0.15) is 0 Å². The van der Waals surface area contributed by atoms with Gasteiger partial charge in [0, 0.05) is 12.0 Å². The molecule has 1 aromatic carbocycles. The Morgan fingerprint density at radius 1 is 1.21 bits per heavy atom. The van der Waals surface area contributed by atoms with Crippen LogP contribution in [0.3, 0.4) is 0 Å². The highest BCUT2D eigenvalue weighted by Crippen LogP contribution is 2.35. The SMILES string of the molecule is CCCCC#Cc1ccc2c(c1)C(C)(C)CCCC2. The molecule has 19 heavy (non-hydrogen) atoms. The van der Waals surface area contributed by atoms with E-state index in [1.54, 1.807) is 5.56 Å². The van der Waals surface area contributed by atoms with Crippen molar-refractivity contribution >= 4 is 0 Å². The third-order valence-electron chi connectivity index (χ3n) is 4.22. The lowest BCUT2D eigenvalue weighted by molar-refractivity contribution is 0.468. The summed E-state index contributed by atoms with van der Waals surface area (Å²) < 4.78 is 0. The average Bonchev–Trinajstić information content (AvgIpc) is 2.54. The minimum Gasteiger partial charge on any atom is -0.0979 e. The summed E-state index contributed by atoms with van der Waals surface area (Å²) in [6, 6.07) is 6.87. The molecule has 0 spiro atoms. The van der Waals surface area contributed by atoms with Gasteiger partial charge in [0.1, 0.15) is 0 Å². The lowest BCUT2D eigenvalue weighted by Crippen LogP contribution is -2.17. The molecule has 0 amide bonds. The molecule has 0 aromatic heterocycles. The van der Waals surface area contributed by atoms with E-state index < -0.39 is 0 Å². The maximum absolute atomic E-state index is 3.34. The van der Waals surface area contributed by atoms with Crippen LogP contribution in [0.4, 0.5) is 0 Å². The zero-order chi connectivity index (χ0) is 13.7. The largest absolute Gasteiger partial charge is 0.0979 e. The smallest absolute Gasteiger partial charge is 0.0248 e. The van der Waals surface area contributed by atoms with Crippen molar-refractivity contribution in [3.63, 3.8) is 0 Å². The highest BCUT2D eigenvalue weighted by Gasteiger charge is 2.25. The molecule has 0 radical (unpaired) electrons. The Morgan fingerprint density at radius 3 is 2.84 bits per heavy atom. The molecule has 0 N–H and O–H groups in total. The van der Waals surface area contributed by atoms with Crippen LogP contribution < -0.4 is 0 Å². The summed E-state index contributed by atoms with van der Waals surface area (Å²) in [6.45, 7) is 6.98. The molecule has 1 aliphatic carbocycles. The molecule has 1 aromatic rings. The van der Waals surface area contributed by atoms with Crippen molar-refractivity contribution in [2.75, 3.05) is 0 Å². The summed E-state index contributed by atoms with van der Waals surface area (Å²) in [6.07, 6.45) is 8.68. The number of fused-ring (bicyclic) bond motifs is 1. The van der Waals surface area contributed by atoms with Crippen molar-refractivity contribution in [3.05, 3.63) is 34.9 Å². The van der Waals surface area contributed by atoms with Gasteiger partial charge in [-0.25, -0.2) is 0 Å². The molecule has 2 rings (SSSR count). The second-order valence-corrected chi connectivity index (χ2v) is 6.37. The standard InChI is InChI=1S/C19H26/c1-4-5-6-7-10-16-12-13-17-11-8-9-14-19(2,3)18(17)15-16/h12-13,15H,4-6,8-9,11,14H2,1-3H3. The molecular formula is C19H26. The van der Waals surface area contributed by atoms with Gasteiger partial charge < -0.3 is 0 Å². The Morgan fingerprint density at radius 2 is 2.05 bits per heavy atom. The van der Waals surface area contributed by atoms with E-state index in [4.69, 9.17) is 0 Å². The quantitative estimate of drug-likeness (QED) is 0.385. The first-order chi connectivity index (χ1) is 9.13. The van der Waals surface area contributed by atoms with Crippen molar-refractivity contribution in [2.24, 2.45) is 0 Å². The van der Waals surface area contributed by atoms with Crippen LogP contribution in [0.5, 0.6) is 0 Å². The monoisotopic (exact) mass is 254 g/mol. The fourth-order valence-electron chi connectivity index (χ4n) is 2.95. The van der Waals surface area contributed by atoms with Gasteiger partial charge in [-0.05, 0) is 54.4 Å². The van der Waals surface area contributed by atoms with E-state index in [9.17, 15) is 0 Å². The van der Waals surface area contributed by atoms with Crippen molar-refractivity contribution in [2.45, 2.75) is 71.1 Å². The molecule has 0 fully saturated rings. The second kappa shape index (κ2) is 6.29. The van der Waals surface area contributed by atoms with Gasteiger partial charge in [-0.15, -0.1) is 0 Å². The first-order valence-electron chi connectivity index (χ1n) is 7.76. The van der Waals surface area contributed by atoms with E-state index in [0.717, 1.165) is 6.42 Å². The summed E-state index contributed by atoms with van der Waals surface area (Å²) in [5, 5.41) is 0. The van der Waals surface area contributed by atoms with Crippen LogP contribution in [0.25, 0.3) is 0 Å². The van der Waals surface area contributed by atoms with Crippen LogP contribution in [0, 0.1) is 11.8 Å². The van der Waals surface area contributed by atoms with Crippen molar-refractivity contribution in [1.82, 2.24) is 0 Å². The Kier molecular flexibility index (Phi) is 4.70. The first-order valence-corrected chi connectivity index (χ1v) is 7.76. The number of hydrogen-bond donors (Lipinski definition) is 0. The van der Waals surface area contributed by atoms with Gasteiger partial charge in [0.2, 0.25) is 0 Å². The number of hydrogen-bond acceptors (Lipinski definition) is 0. The highest BCUT2D eigenvalue weighted by molar-refractivity contribution is 5.44. The second-order valence-electron chi connectivity index (χ2n) is 6.37.